The highest BCUT2D eigenvalue weighted by atomic mass is 16.5. The van der Waals surface area contributed by atoms with Crippen molar-refractivity contribution < 1.29 is 4.74 Å². The van der Waals surface area contributed by atoms with Gasteiger partial charge in [0.25, 0.3) is 0 Å². The average Bonchev–Trinajstić information content (AvgIpc) is 2.70. The summed E-state index contributed by atoms with van der Waals surface area (Å²) >= 11 is 0. The topological polar surface area (TPSA) is 21.3 Å². The van der Waals surface area contributed by atoms with Crippen LogP contribution >= 0.6 is 0 Å². The summed E-state index contributed by atoms with van der Waals surface area (Å²) in [6, 6.07) is 6.75. The molecule has 1 N–H and O–H groups in total. The van der Waals surface area contributed by atoms with Crippen molar-refractivity contribution in [2.45, 2.75) is 58.3 Å². The van der Waals surface area contributed by atoms with Gasteiger partial charge >= 0.3 is 0 Å². The molecule has 0 bridgehead atoms. The van der Waals surface area contributed by atoms with Crippen LogP contribution in [0.4, 0.5) is 0 Å². The largest absolute Gasteiger partial charge is 0.492 e. The van der Waals surface area contributed by atoms with Crippen molar-refractivity contribution >= 4 is 0 Å². The number of benzene rings is 1. The molecule has 0 unspecified atom stereocenters. The lowest BCUT2D eigenvalue weighted by Crippen LogP contribution is -2.26. The van der Waals surface area contributed by atoms with E-state index in [0.29, 0.717) is 0 Å². The zero-order valence-electron chi connectivity index (χ0n) is 13.7. The maximum absolute atomic E-state index is 5.78. The zero-order valence-corrected chi connectivity index (χ0v) is 13.7. The maximum atomic E-state index is 5.78. The van der Waals surface area contributed by atoms with E-state index in [1.54, 1.807) is 0 Å². The van der Waals surface area contributed by atoms with E-state index in [9.17, 15) is 0 Å². The minimum Gasteiger partial charge on any atom is -0.492 e. The van der Waals surface area contributed by atoms with Crippen LogP contribution in [-0.2, 0) is 10.8 Å². The lowest BCUT2D eigenvalue weighted by Gasteiger charge is -2.27. The first kappa shape index (κ1) is 15.4. The Bertz CT molecular complexity index is 462. The molecule has 1 aliphatic rings. The van der Waals surface area contributed by atoms with Crippen LogP contribution in [0.1, 0.15) is 58.6 Å². The van der Waals surface area contributed by atoms with Crippen molar-refractivity contribution in [3.8, 4) is 5.75 Å². The van der Waals surface area contributed by atoms with Gasteiger partial charge in [-0.15, -0.1) is 0 Å². The number of nitrogens with one attached hydrogen (secondary N) is 1. The van der Waals surface area contributed by atoms with Gasteiger partial charge in [0, 0.05) is 11.0 Å². The second-order valence-corrected chi connectivity index (χ2v) is 7.27. The summed E-state index contributed by atoms with van der Waals surface area (Å²) < 4.78 is 5.78. The van der Waals surface area contributed by atoms with Gasteiger partial charge in [0.15, 0.2) is 0 Å². The number of hydrogen-bond donors (Lipinski definition) is 1. The van der Waals surface area contributed by atoms with Crippen molar-refractivity contribution in [3.05, 3.63) is 29.3 Å². The molecule has 2 nitrogen and oxygen atoms in total. The third-order valence-electron chi connectivity index (χ3n) is 4.43. The molecule has 0 atom stereocenters. The van der Waals surface area contributed by atoms with Crippen LogP contribution in [0.25, 0.3) is 0 Å². The van der Waals surface area contributed by atoms with E-state index in [1.165, 1.54) is 17.5 Å². The first-order valence-corrected chi connectivity index (χ1v) is 7.85. The molecule has 0 aromatic heterocycles. The predicted molar refractivity (Wildman–Crippen MR) is 85.8 cm³/mol. The summed E-state index contributed by atoms with van der Waals surface area (Å²) in [7, 11) is 0. The molecular weight excluding hydrogens is 246 g/mol. The maximum Gasteiger partial charge on any atom is 0.123 e. The van der Waals surface area contributed by atoms with Crippen LogP contribution in [0.15, 0.2) is 18.2 Å². The van der Waals surface area contributed by atoms with Crippen LogP contribution in [0.5, 0.6) is 5.75 Å². The van der Waals surface area contributed by atoms with Gasteiger partial charge in [0.1, 0.15) is 5.75 Å². The highest BCUT2D eigenvalue weighted by Crippen LogP contribution is 2.41. The fourth-order valence-corrected chi connectivity index (χ4v) is 2.79. The van der Waals surface area contributed by atoms with Gasteiger partial charge < -0.3 is 10.1 Å². The van der Waals surface area contributed by atoms with Crippen molar-refractivity contribution in [2.75, 3.05) is 19.7 Å². The molecular formula is C18H29NO. The van der Waals surface area contributed by atoms with E-state index in [1.807, 2.05) is 0 Å². The molecule has 0 aliphatic carbocycles. The number of hydrogen-bond acceptors (Lipinski definition) is 2. The van der Waals surface area contributed by atoms with E-state index in [0.717, 1.165) is 31.9 Å². The molecule has 1 aromatic rings. The summed E-state index contributed by atoms with van der Waals surface area (Å²) in [5.41, 5.74) is 3.13. The second-order valence-electron chi connectivity index (χ2n) is 7.27. The lowest BCUT2D eigenvalue weighted by molar-refractivity contribution is 0.291. The molecule has 112 valence electrons. The Balaban J connectivity index is 2.12. The van der Waals surface area contributed by atoms with E-state index in [4.69, 9.17) is 4.74 Å². The van der Waals surface area contributed by atoms with Crippen LogP contribution < -0.4 is 10.1 Å². The Morgan fingerprint density at radius 1 is 1.25 bits per heavy atom. The fourth-order valence-electron chi connectivity index (χ4n) is 2.79. The average molecular weight is 275 g/mol. The molecule has 1 aliphatic heterocycles. The summed E-state index contributed by atoms with van der Waals surface area (Å²) in [5, 5.41) is 3.50. The third kappa shape index (κ3) is 3.17. The molecule has 2 heteroatoms. The highest BCUT2D eigenvalue weighted by molar-refractivity contribution is 5.46. The SMILES string of the molecule is CCCNCCC(C)(C)c1ccc2c(c1)C(C)(C)CO2. The number of rotatable bonds is 6. The van der Waals surface area contributed by atoms with Gasteiger partial charge in [-0.05, 0) is 43.0 Å². The Morgan fingerprint density at radius 2 is 2.00 bits per heavy atom. The second kappa shape index (κ2) is 5.77. The monoisotopic (exact) mass is 275 g/mol. The molecule has 0 spiro atoms. The van der Waals surface area contributed by atoms with Crippen molar-refractivity contribution in [1.29, 1.82) is 0 Å². The van der Waals surface area contributed by atoms with Crippen LogP contribution in [0.3, 0.4) is 0 Å². The highest BCUT2D eigenvalue weighted by Gasteiger charge is 2.33. The Hall–Kier alpha value is -1.02. The van der Waals surface area contributed by atoms with Crippen molar-refractivity contribution in [1.82, 2.24) is 5.32 Å². The first-order valence-electron chi connectivity index (χ1n) is 7.85. The van der Waals surface area contributed by atoms with Crippen LogP contribution in [0.2, 0.25) is 0 Å². The van der Waals surface area contributed by atoms with Gasteiger partial charge in [-0.25, -0.2) is 0 Å². The van der Waals surface area contributed by atoms with E-state index < -0.39 is 0 Å². The first-order chi connectivity index (χ1) is 9.37. The van der Waals surface area contributed by atoms with Crippen LogP contribution in [-0.4, -0.2) is 19.7 Å². The van der Waals surface area contributed by atoms with Gasteiger partial charge in [-0.3, -0.25) is 0 Å². The summed E-state index contributed by atoms with van der Waals surface area (Å²) in [6.45, 7) is 14.4. The molecule has 1 aromatic carbocycles. The minimum atomic E-state index is 0.141. The van der Waals surface area contributed by atoms with Gasteiger partial charge in [-0.1, -0.05) is 46.8 Å². The molecule has 0 amide bonds. The Morgan fingerprint density at radius 3 is 2.70 bits per heavy atom. The fraction of sp³-hybridized carbons (Fsp3) is 0.667. The van der Waals surface area contributed by atoms with Gasteiger partial charge in [0.2, 0.25) is 0 Å². The van der Waals surface area contributed by atoms with Crippen molar-refractivity contribution in [3.63, 3.8) is 0 Å². The Kier molecular flexibility index (Phi) is 4.43. The number of fused-ring (bicyclic) bond motifs is 1. The molecule has 0 saturated heterocycles. The molecule has 1 heterocycles. The Labute approximate surface area is 123 Å². The standard InChI is InChI=1S/C18H29NO/c1-6-10-19-11-9-17(2,3)14-7-8-16-15(12-14)18(4,5)13-20-16/h7-8,12,19H,6,9-11,13H2,1-5H3. The summed E-state index contributed by atoms with van der Waals surface area (Å²) in [4.78, 5) is 0. The predicted octanol–water partition coefficient (Wildman–Crippen LogP) is 4.02. The van der Waals surface area contributed by atoms with E-state index in [2.05, 4.69) is 58.1 Å². The third-order valence-corrected chi connectivity index (χ3v) is 4.43. The minimum absolute atomic E-state index is 0.141. The quantitative estimate of drug-likeness (QED) is 0.792. The van der Waals surface area contributed by atoms with Gasteiger partial charge in [0.05, 0.1) is 6.61 Å². The molecule has 0 saturated carbocycles. The normalized spacial score (nSPS) is 16.9. The molecule has 0 fully saturated rings. The van der Waals surface area contributed by atoms with Crippen molar-refractivity contribution in [2.24, 2.45) is 0 Å². The lowest BCUT2D eigenvalue weighted by atomic mass is 9.78. The molecule has 2 rings (SSSR count). The number of ether oxygens (including phenoxy) is 1. The van der Waals surface area contributed by atoms with E-state index >= 15 is 0 Å². The van der Waals surface area contributed by atoms with E-state index in [-0.39, 0.29) is 10.8 Å². The van der Waals surface area contributed by atoms with Crippen LogP contribution in [0, 0.1) is 0 Å². The van der Waals surface area contributed by atoms with Gasteiger partial charge in [-0.2, -0.15) is 0 Å². The summed E-state index contributed by atoms with van der Waals surface area (Å²) in [6.07, 6.45) is 2.36. The zero-order chi connectivity index (χ0) is 14.8. The summed E-state index contributed by atoms with van der Waals surface area (Å²) in [5.74, 6) is 1.07. The molecule has 0 radical (unpaired) electrons. The molecule has 20 heavy (non-hydrogen) atoms. The smallest absolute Gasteiger partial charge is 0.123 e.